The number of rotatable bonds is 5. The summed E-state index contributed by atoms with van der Waals surface area (Å²) in [6, 6.07) is 29.7. The molecular weight excluding hydrogens is 380 g/mol. The van der Waals surface area contributed by atoms with Gasteiger partial charge in [-0.15, -0.1) is 11.8 Å². The van der Waals surface area contributed by atoms with Crippen LogP contribution in [0.25, 0.3) is 0 Å². The van der Waals surface area contributed by atoms with Gasteiger partial charge >= 0.3 is 0 Å². The summed E-state index contributed by atoms with van der Waals surface area (Å²) in [5.74, 6) is 0. The molecule has 1 saturated heterocycles. The first-order chi connectivity index (χ1) is 13.7. The first-order valence-corrected chi connectivity index (χ1v) is 10.9. The van der Waals surface area contributed by atoms with Crippen molar-refractivity contribution >= 4 is 34.7 Å². The van der Waals surface area contributed by atoms with Crippen LogP contribution in [-0.2, 0) is 6.54 Å². The van der Waals surface area contributed by atoms with E-state index >= 15 is 0 Å². The number of thioether (sulfide) groups is 1. The summed E-state index contributed by atoms with van der Waals surface area (Å²) in [6.07, 6.45) is 1.96. The predicted molar refractivity (Wildman–Crippen MR) is 123 cm³/mol. The average Bonchev–Trinajstić information content (AvgIpc) is 2.73. The number of nitrogens with zero attached hydrogens (tertiary/aromatic N) is 1. The molecule has 0 bridgehead atoms. The molecular formula is C24H24N2S2. The smallest absolute Gasteiger partial charge is 0.0798 e. The lowest BCUT2D eigenvalue weighted by Gasteiger charge is -2.41. The van der Waals surface area contributed by atoms with Crippen LogP contribution in [0.2, 0.25) is 0 Å². The van der Waals surface area contributed by atoms with E-state index in [0.717, 1.165) is 35.0 Å². The summed E-state index contributed by atoms with van der Waals surface area (Å²) >= 11 is 7.77. The molecule has 1 aliphatic rings. The topological polar surface area (TPSA) is 29.3 Å². The first kappa shape index (κ1) is 19.0. The molecule has 1 heterocycles. The van der Waals surface area contributed by atoms with Gasteiger partial charge < -0.3 is 10.6 Å². The highest BCUT2D eigenvalue weighted by molar-refractivity contribution is 8.00. The van der Waals surface area contributed by atoms with Crippen molar-refractivity contribution in [1.29, 1.82) is 0 Å². The molecule has 2 N–H and O–H groups in total. The van der Waals surface area contributed by atoms with Crippen LogP contribution in [-0.4, -0.2) is 15.1 Å². The standard InChI is InChI=1S/C24H24N2S2/c25-21-13-7-8-14-23(21)28-20-15-22(19-11-5-2-6-12-19)26(24(27)16-20)17-18-9-3-1-4-10-18/h1-14,20,22H,15-17,25H2. The highest BCUT2D eigenvalue weighted by Gasteiger charge is 2.33. The van der Waals surface area contributed by atoms with Gasteiger partial charge in [0.15, 0.2) is 0 Å². The Morgan fingerprint density at radius 2 is 1.54 bits per heavy atom. The molecule has 4 heteroatoms. The lowest BCUT2D eigenvalue weighted by Crippen LogP contribution is -2.40. The van der Waals surface area contributed by atoms with Gasteiger partial charge in [0.25, 0.3) is 0 Å². The van der Waals surface area contributed by atoms with E-state index in [4.69, 9.17) is 18.0 Å². The first-order valence-electron chi connectivity index (χ1n) is 9.60. The van der Waals surface area contributed by atoms with Crippen molar-refractivity contribution in [3.8, 4) is 0 Å². The van der Waals surface area contributed by atoms with Gasteiger partial charge in [-0.1, -0.05) is 85.0 Å². The molecule has 0 aromatic heterocycles. The molecule has 1 fully saturated rings. The molecule has 2 atom stereocenters. The number of nitrogen functional groups attached to an aromatic ring is 1. The number of hydrogen-bond acceptors (Lipinski definition) is 3. The monoisotopic (exact) mass is 404 g/mol. The van der Waals surface area contributed by atoms with Crippen molar-refractivity contribution in [3.05, 3.63) is 96.1 Å². The third kappa shape index (κ3) is 4.40. The van der Waals surface area contributed by atoms with Crippen LogP contribution < -0.4 is 5.73 Å². The van der Waals surface area contributed by atoms with E-state index in [2.05, 4.69) is 77.7 Å². The fourth-order valence-electron chi connectivity index (χ4n) is 3.77. The molecule has 0 radical (unpaired) electrons. The molecule has 0 spiro atoms. The molecule has 4 rings (SSSR count). The zero-order valence-electron chi connectivity index (χ0n) is 15.7. The normalized spacial score (nSPS) is 19.6. The second kappa shape index (κ2) is 8.80. The van der Waals surface area contributed by atoms with Crippen LogP contribution in [0.1, 0.15) is 30.0 Å². The Morgan fingerprint density at radius 3 is 2.25 bits per heavy atom. The van der Waals surface area contributed by atoms with Crippen molar-refractivity contribution in [3.63, 3.8) is 0 Å². The molecule has 28 heavy (non-hydrogen) atoms. The SMILES string of the molecule is Nc1ccccc1SC1CC(=S)N(Cc2ccccc2)C(c2ccccc2)C1. The fourth-order valence-corrected chi connectivity index (χ4v) is 5.51. The van der Waals surface area contributed by atoms with Gasteiger partial charge in [-0.25, -0.2) is 0 Å². The summed E-state index contributed by atoms with van der Waals surface area (Å²) < 4.78 is 0. The van der Waals surface area contributed by atoms with Crippen LogP contribution in [0.4, 0.5) is 5.69 Å². The predicted octanol–water partition coefficient (Wildman–Crippen LogP) is 6.09. The Bertz CT molecular complexity index is 928. The second-order valence-electron chi connectivity index (χ2n) is 7.15. The molecule has 2 nitrogen and oxygen atoms in total. The number of nitrogens with two attached hydrogens (primary N) is 1. The van der Waals surface area contributed by atoms with Crippen molar-refractivity contribution in [2.75, 3.05) is 5.73 Å². The molecule has 0 aliphatic carbocycles. The Labute approximate surface area is 176 Å². The number of benzene rings is 3. The van der Waals surface area contributed by atoms with Gasteiger partial charge in [-0.05, 0) is 29.7 Å². The van der Waals surface area contributed by atoms with E-state index < -0.39 is 0 Å². The van der Waals surface area contributed by atoms with Crippen LogP contribution in [0.3, 0.4) is 0 Å². The highest BCUT2D eigenvalue weighted by Crippen LogP contribution is 2.41. The van der Waals surface area contributed by atoms with Gasteiger partial charge in [0.2, 0.25) is 0 Å². The highest BCUT2D eigenvalue weighted by atomic mass is 32.2. The zero-order valence-corrected chi connectivity index (χ0v) is 17.3. The molecule has 0 saturated carbocycles. The lowest BCUT2D eigenvalue weighted by molar-refractivity contribution is 0.270. The maximum Gasteiger partial charge on any atom is 0.0798 e. The minimum absolute atomic E-state index is 0.282. The number of piperidine rings is 1. The van der Waals surface area contributed by atoms with Crippen LogP contribution >= 0.6 is 24.0 Å². The molecule has 1 aliphatic heterocycles. The number of anilines is 1. The van der Waals surface area contributed by atoms with Crippen molar-refractivity contribution in [2.45, 2.75) is 35.6 Å². The quantitative estimate of drug-likeness (QED) is 0.411. The summed E-state index contributed by atoms with van der Waals surface area (Å²) in [5, 5.41) is 0.425. The van der Waals surface area contributed by atoms with E-state index in [1.807, 2.05) is 23.9 Å². The van der Waals surface area contributed by atoms with Gasteiger partial charge in [-0.2, -0.15) is 0 Å². The third-order valence-corrected chi connectivity index (χ3v) is 6.90. The van der Waals surface area contributed by atoms with E-state index in [9.17, 15) is 0 Å². The van der Waals surface area contributed by atoms with E-state index in [1.54, 1.807) is 0 Å². The minimum Gasteiger partial charge on any atom is -0.398 e. The Hall–Kier alpha value is -2.30. The number of hydrogen-bond donors (Lipinski definition) is 1. The average molecular weight is 405 g/mol. The molecule has 3 aromatic rings. The van der Waals surface area contributed by atoms with Crippen LogP contribution in [0, 0.1) is 0 Å². The fraction of sp³-hybridized carbons (Fsp3) is 0.208. The third-order valence-electron chi connectivity index (χ3n) is 5.18. The van der Waals surface area contributed by atoms with Crippen LogP contribution in [0.15, 0.2) is 89.8 Å². The number of para-hydroxylation sites is 1. The van der Waals surface area contributed by atoms with E-state index in [1.165, 1.54) is 11.1 Å². The maximum absolute atomic E-state index is 6.18. The number of likely N-dealkylation sites (tertiary alicyclic amines) is 1. The minimum atomic E-state index is 0.282. The van der Waals surface area contributed by atoms with Crippen molar-refractivity contribution in [2.24, 2.45) is 0 Å². The van der Waals surface area contributed by atoms with Gasteiger partial charge in [0.1, 0.15) is 0 Å². The van der Waals surface area contributed by atoms with Crippen molar-refractivity contribution in [1.82, 2.24) is 4.90 Å². The molecule has 142 valence electrons. The Morgan fingerprint density at radius 1 is 0.893 bits per heavy atom. The molecule has 3 aromatic carbocycles. The Kier molecular flexibility index (Phi) is 5.98. The summed E-state index contributed by atoms with van der Waals surface area (Å²) in [6.45, 7) is 0.851. The second-order valence-corrected chi connectivity index (χ2v) is 8.96. The summed E-state index contributed by atoms with van der Waals surface area (Å²) in [7, 11) is 0. The van der Waals surface area contributed by atoms with Gasteiger partial charge in [-0.3, -0.25) is 0 Å². The van der Waals surface area contributed by atoms with E-state index in [-0.39, 0.29) is 6.04 Å². The van der Waals surface area contributed by atoms with Crippen molar-refractivity contribution < 1.29 is 0 Å². The molecule has 0 amide bonds. The van der Waals surface area contributed by atoms with Gasteiger partial charge in [0.05, 0.1) is 11.0 Å². The number of thiocarbonyl (C=S) groups is 1. The zero-order chi connectivity index (χ0) is 19.3. The van der Waals surface area contributed by atoms with E-state index in [0.29, 0.717) is 5.25 Å². The largest absolute Gasteiger partial charge is 0.398 e. The van der Waals surface area contributed by atoms with Crippen LogP contribution in [0.5, 0.6) is 0 Å². The lowest BCUT2D eigenvalue weighted by atomic mass is 9.94. The van der Waals surface area contributed by atoms with Gasteiger partial charge in [0, 0.05) is 28.8 Å². The summed E-state index contributed by atoms with van der Waals surface area (Å²) in [5.41, 5.74) is 9.65. The Balaban J connectivity index is 1.59. The maximum atomic E-state index is 6.18. The summed E-state index contributed by atoms with van der Waals surface area (Å²) in [4.78, 5) is 4.60. The molecule has 2 unspecified atom stereocenters.